The molecule has 29 heteroatoms. The van der Waals surface area contributed by atoms with Crippen molar-refractivity contribution >= 4 is 30.2 Å². The average molecular weight is 1190 g/mol. The Morgan fingerprint density at radius 3 is 1.17 bits per heavy atom. The second-order valence-electron chi connectivity index (χ2n) is 17.8. The minimum Gasteiger partial charge on any atom is -0.491 e. The van der Waals surface area contributed by atoms with Crippen molar-refractivity contribution in [2.75, 3.05) is 224 Å². The van der Waals surface area contributed by atoms with Crippen molar-refractivity contribution in [2.24, 2.45) is 0 Å². The van der Waals surface area contributed by atoms with Gasteiger partial charge >= 0.3 is 23.9 Å². The third-order valence-corrected chi connectivity index (χ3v) is 11.7. The molecular weight excluding hydrogens is 1100 g/mol. The van der Waals surface area contributed by atoms with Crippen molar-refractivity contribution in [3.8, 4) is 11.5 Å². The van der Waals surface area contributed by atoms with Crippen LogP contribution in [0.3, 0.4) is 0 Å². The minimum atomic E-state index is -1.83. The van der Waals surface area contributed by atoms with Gasteiger partial charge in [-0.15, -0.1) is 0 Å². The van der Waals surface area contributed by atoms with Crippen LogP contribution < -0.4 is 9.47 Å². The van der Waals surface area contributed by atoms with Crippen molar-refractivity contribution in [2.45, 2.75) is 12.5 Å². The summed E-state index contributed by atoms with van der Waals surface area (Å²) in [5.74, 6) is -12.3. The van der Waals surface area contributed by atoms with E-state index in [0.29, 0.717) is 144 Å². The molecule has 1 unspecified atom stereocenters. The number of carboxylic acid groups (broad SMARTS) is 3. The summed E-state index contributed by atoms with van der Waals surface area (Å²) in [6.45, 7) is 8.58. The van der Waals surface area contributed by atoms with Gasteiger partial charge < -0.3 is 81.7 Å². The molecule has 82 heavy (non-hydrogen) atoms. The molecule has 0 saturated carbocycles. The third-order valence-electron chi connectivity index (χ3n) is 11.7. The summed E-state index contributed by atoms with van der Waals surface area (Å²) in [5, 5.41) is 29.4. The summed E-state index contributed by atoms with van der Waals surface area (Å²) in [4.78, 5) is 66.0. The van der Waals surface area contributed by atoms with E-state index in [0.717, 1.165) is 11.8 Å². The van der Waals surface area contributed by atoms with Crippen LogP contribution in [0.4, 0.5) is 17.6 Å². The fraction of sp³-hybridized carbons (Fsp3) is 0.679. The fourth-order valence-electron chi connectivity index (χ4n) is 7.53. The molecule has 0 amide bonds. The highest BCUT2D eigenvalue weighted by Crippen LogP contribution is 2.26. The lowest BCUT2D eigenvalue weighted by atomic mass is 10.0. The molecule has 1 aliphatic rings. The zero-order valence-corrected chi connectivity index (χ0v) is 46.3. The zero-order chi connectivity index (χ0) is 59.4. The molecule has 0 bridgehead atoms. The van der Waals surface area contributed by atoms with Gasteiger partial charge in [0.2, 0.25) is 17.4 Å². The highest BCUT2D eigenvalue weighted by molar-refractivity contribution is 5.74. The quantitative estimate of drug-likeness (QED) is 0.0208. The van der Waals surface area contributed by atoms with Crippen LogP contribution in [-0.4, -0.2) is 295 Å². The van der Waals surface area contributed by atoms with E-state index in [2.05, 4.69) is 4.74 Å². The van der Waals surface area contributed by atoms with E-state index in [4.69, 9.17) is 56.8 Å². The first-order valence-electron chi connectivity index (χ1n) is 26.9. The lowest BCUT2D eigenvalue weighted by molar-refractivity contribution is -0.144. The third kappa shape index (κ3) is 33.9. The Kier molecular flexibility index (Phi) is 39.4. The molecule has 2 aromatic rings. The van der Waals surface area contributed by atoms with E-state index in [9.17, 15) is 56.9 Å². The molecule has 0 aromatic heterocycles. The van der Waals surface area contributed by atoms with Gasteiger partial charge in [0.25, 0.3) is 0 Å². The number of hydrogen-bond acceptors (Lipinski definition) is 22. The average Bonchev–Trinajstić information content (AvgIpc) is 3.63. The molecule has 3 N–H and O–H groups in total. The van der Waals surface area contributed by atoms with E-state index in [1.165, 1.54) is 0 Å². The van der Waals surface area contributed by atoms with E-state index in [-0.39, 0.29) is 91.3 Å². The summed E-state index contributed by atoms with van der Waals surface area (Å²) < 4.78 is 123. The molecule has 3 rings (SSSR count). The predicted molar refractivity (Wildman–Crippen MR) is 280 cm³/mol. The SMILES string of the molecule is O=CCN1CCN(CC(=O)O)CCN(C(Cc2ccc(OCCOCCOCCOCCOCCOCCOCCOCCOCCOCCOCCOCC(=O)Oc3c(F)c(F)cc(F)c3F)cc2)C(=O)O)CCN(CC(=O)O)CC1. The first-order valence-corrected chi connectivity index (χ1v) is 26.9. The first kappa shape index (κ1) is 71.2. The highest BCUT2D eigenvalue weighted by Gasteiger charge is 2.29. The number of halogens is 4. The van der Waals surface area contributed by atoms with Crippen LogP contribution in [0.15, 0.2) is 30.3 Å². The van der Waals surface area contributed by atoms with Gasteiger partial charge in [0.05, 0.1) is 158 Å². The number of rotatable bonds is 47. The number of carbonyl (C=O) groups excluding carboxylic acids is 2. The van der Waals surface area contributed by atoms with Gasteiger partial charge in [0.15, 0.2) is 11.6 Å². The Morgan fingerprint density at radius 1 is 0.476 bits per heavy atom. The van der Waals surface area contributed by atoms with E-state index >= 15 is 0 Å². The van der Waals surface area contributed by atoms with Crippen LogP contribution in [0.2, 0.25) is 0 Å². The van der Waals surface area contributed by atoms with E-state index in [1.54, 1.807) is 39.0 Å². The molecule has 1 aliphatic heterocycles. The summed E-state index contributed by atoms with van der Waals surface area (Å²) >= 11 is 0. The molecule has 0 spiro atoms. The topological polar surface area (TPSA) is 279 Å². The number of aldehydes is 1. The summed E-state index contributed by atoms with van der Waals surface area (Å²) in [5.41, 5.74) is 0.743. The standard InChI is InChI=1S/C53H80F4N4O21/c54-44-38-45(55)51(57)52(50(44)56)82-49(67)41-80-34-33-78-30-29-76-26-25-74-22-21-72-18-17-70-15-16-71-19-20-73-23-24-75-27-28-77-31-32-79-35-36-81-43-3-1-42(2-4-43)37-46(53(68)69)61-11-9-59(39-47(63)64)7-5-58(13-14-62)6-8-60(10-12-61)40-48(65)66/h1-4,14,38,46H,5-13,15-37,39-41H2,(H,63,64)(H,65,66)(H,68,69). The van der Waals surface area contributed by atoms with Gasteiger partial charge in [-0.05, 0) is 24.1 Å². The Bertz CT molecular complexity index is 2020. The van der Waals surface area contributed by atoms with Gasteiger partial charge in [-0.25, -0.2) is 13.6 Å². The van der Waals surface area contributed by atoms with Gasteiger partial charge in [0, 0.05) is 58.4 Å². The van der Waals surface area contributed by atoms with Gasteiger partial charge in [0.1, 0.15) is 31.3 Å². The van der Waals surface area contributed by atoms with Crippen LogP contribution in [0.25, 0.3) is 0 Å². The molecule has 466 valence electrons. The maximum atomic E-state index is 13.6. The van der Waals surface area contributed by atoms with E-state index < -0.39 is 65.5 Å². The lowest BCUT2D eigenvalue weighted by Crippen LogP contribution is -2.52. The molecule has 0 aliphatic carbocycles. The highest BCUT2D eigenvalue weighted by atomic mass is 19.2. The number of hydrogen-bond donors (Lipinski definition) is 3. The maximum Gasteiger partial charge on any atom is 0.337 e. The van der Waals surface area contributed by atoms with Crippen molar-refractivity contribution in [1.29, 1.82) is 0 Å². The second kappa shape index (κ2) is 45.4. The molecule has 1 saturated heterocycles. The van der Waals surface area contributed by atoms with Crippen LogP contribution in [0.1, 0.15) is 5.56 Å². The number of carbonyl (C=O) groups is 5. The summed E-state index contributed by atoms with van der Waals surface area (Å²) in [6, 6.07) is 6.10. The van der Waals surface area contributed by atoms with Crippen LogP contribution >= 0.6 is 0 Å². The summed E-state index contributed by atoms with van der Waals surface area (Å²) in [6.07, 6.45) is 0.905. The largest absolute Gasteiger partial charge is 0.491 e. The summed E-state index contributed by atoms with van der Waals surface area (Å²) in [7, 11) is 0. The molecular formula is C53H80F4N4O21. The predicted octanol–water partition coefficient (Wildman–Crippen LogP) is 0.995. The number of benzene rings is 2. The molecule has 1 fully saturated rings. The number of aliphatic carboxylic acids is 3. The number of nitrogens with zero attached hydrogens (tertiary/aromatic N) is 4. The monoisotopic (exact) mass is 1180 g/mol. The van der Waals surface area contributed by atoms with Crippen molar-refractivity contribution in [3.05, 3.63) is 59.2 Å². The van der Waals surface area contributed by atoms with Gasteiger partial charge in [-0.1, -0.05) is 12.1 Å². The van der Waals surface area contributed by atoms with Crippen molar-refractivity contribution in [3.63, 3.8) is 0 Å². The molecule has 1 atom stereocenters. The van der Waals surface area contributed by atoms with E-state index in [1.807, 2.05) is 4.90 Å². The number of ether oxygens (including phenoxy) is 13. The second-order valence-corrected chi connectivity index (χ2v) is 17.8. The smallest absolute Gasteiger partial charge is 0.337 e. The Labute approximate surface area is 474 Å². The lowest BCUT2D eigenvalue weighted by Gasteiger charge is -2.35. The van der Waals surface area contributed by atoms with Gasteiger partial charge in [-0.3, -0.25) is 34.0 Å². The molecule has 0 radical (unpaired) electrons. The Hall–Kier alpha value is -5.09. The Balaban J connectivity index is 1.07. The first-order chi connectivity index (χ1) is 39.8. The maximum absolute atomic E-state index is 13.6. The molecule has 2 aromatic carbocycles. The minimum absolute atomic E-state index is 0.00311. The van der Waals surface area contributed by atoms with Crippen LogP contribution in [0, 0.1) is 23.3 Å². The van der Waals surface area contributed by atoms with Crippen molar-refractivity contribution in [1.82, 2.24) is 19.6 Å². The Morgan fingerprint density at radius 2 is 0.817 bits per heavy atom. The normalized spacial score (nSPS) is 14.7. The van der Waals surface area contributed by atoms with Crippen molar-refractivity contribution < 1.29 is 118 Å². The van der Waals surface area contributed by atoms with Crippen LogP contribution in [-0.2, 0) is 82.5 Å². The number of esters is 1. The van der Waals surface area contributed by atoms with Gasteiger partial charge in [-0.2, -0.15) is 8.78 Å². The zero-order valence-electron chi connectivity index (χ0n) is 46.3. The molecule has 1 heterocycles. The molecule has 25 nitrogen and oxygen atoms in total. The fourth-order valence-corrected chi connectivity index (χ4v) is 7.53. The van der Waals surface area contributed by atoms with Crippen LogP contribution in [0.5, 0.6) is 11.5 Å². The number of carboxylic acids is 3.